The summed E-state index contributed by atoms with van der Waals surface area (Å²) in [5.41, 5.74) is 3.04. The molecule has 12 heavy (non-hydrogen) atoms. The highest BCUT2D eigenvalue weighted by Crippen LogP contribution is 2.08. The van der Waals surface area contributed by atoms with Gasteiger partial charge in [-0.3, -0.25) is 0 Å². The fraction of sp³-hybridized carbons (Fsp3) is 0.667. The van der Waals surface area contributed by atoms with Crippen molar-refractivity contribution in [1.82, 2.24) is 0 Å². The van der Waals surface area contributed by atoms with Crippen molar-refractivity contribution >= 4 is 0 Å². The minimum atomic E-state index is 1.17. The van der Waals surface area contributed by atoms with Crippen LogP contribution in [0.3, 0.4) is 0 Å². The van der Waals surface area contributed by atoms with Crippen molar-refractivity contribution in [3.63, 3.8) is 0 Å². The molecular formula is C12H22. The monoisotopic (exact) mass is 166 g/mol. The highest BCUT2D eigenvalue weighted by atomic mass is 13.9. The normalized spacial score (nSPS) is 13.7. The average molecular weight is 166 g/mol. The van der Waals surface area contributed by atoms with Gasteiger partial charge in [-0.25, -0.2) is 0 Å². The zero-order valence-electron chi connectivity index (χ0n) is 8.98. The maximum absolute atomic E-state index is 2.35. The molecule has 0 rings (SSSR count). The molecule has 0 aliphatic carbocycles. The van der Waals surface area contributed by atoms with Gasteiger partial charge in [0.15, 0.2) is 0 Å². The summed E-state index contributed by atoms with van der Waals surface area (Å²) < 4.78 is 0. The number of allylic oxidation sites excluding steroid dienone is 4. The lowest BCUT2D eigenvalue weighted by molar-refractivity contribution is 0.939. The van der Waals surface area contributed by atoms with Crippen molar-refractivity contribution in [2.45, 2.75) is 53.4 Å². The Kier molecular flexibility index (Phi) is 6.84. The zero-order valence-corrected chi connectivity index (χ0v) is 8.98. The lowest BCUT2D eigenvalue weighted by atomic mass is 10.1. The predicted octanol–water partition coefficient (Wildman–Crippen LogP) is 4.48. The number of hydrogen-bond acceptors (Lipinski definition) is 0. The van der Waals surface area contributed by atoms with Gasteiger partial charge in [0, 0.05) is 0 Å². The van der Waals surface area contributed by atoms with Gasteiger partial charge in [-0.1, -0.05) is 37.1 Å². The Labute approximate surface area is 77.4 Å². The van der Waals surface area contributed by atoms with Crippen LogP contribution in [-0.4, -0.2) is 0 Å². The third kappa shape index (κ3) is 6.21. The lowest BCUT2D eigenvalue weighted by Gasteiger charge is -1.98. The zero-order chi connectivity index (χ0) is 9.40. The smallest absolute Gasteiger partial charge is 0.0288 e. The largest absolute Gasteiger partial charge is 0.0859 e. The second kappa shape index (κ2) is 7.15. The van der Waals surface area contributed by atoms with Gasteiger partial charge in [0.05, 0.1) is 0 Å². The Morgan fingerprint density at radius 1 is 1.00 bits per heavy atom. The number of rotatable bonds is 5. The van der Waals surface area contributed by atoms with E-state index < -0.39 is 0 Å². The Hall–Kier alpha value is -0.520. The molecule has 0 bridgehead atoms. The Morgan fingerprint density at radius 2 is 1.67 bits per heavy atom. The number of hydrogen-bond donors (Lipinski definition) is 0. The molecule has 0 fully saturated rings. The molecule has 0 aliphatic heterocycles. The van der Waals surface area contributed by atoms with Crippen LogP contribution in [0.25, 0.3) is 0 Å². The van der Waals surface area contributed by atoms with E-state index in [4.69, 9.17) is 0 Å². The minimum absolute atomic E-state index is 1.17. The Bertz CT molecular complexity index is 161. The van der Waals surface area contributed by atoms with Crippen LogP contribution in [0.2, 0.25) is 0 Å². The van der Waals surface area contributed by atoms with E-state index in [1.807, 2.05) is 0 Å². The van der Waals surface area contributed by atoms with E-state index >= 15 is 0 Å². The summed E-state index contributed by atoms with van der Waals surface area (Å²) in [6, 6.07) is 0. The van der Waals surface area contributed by atoms with Crippen LogP contribution < -0.4 is 0 Å². The molecule has 0 unspecified atom stereocenters. The molecule has 0 atom stereocenters. The first-order chi connectivity index (χ1) is 5.70. The fourth-order valence-corrected chi connectivity index (χ4v) is 1.14. The topological polar surface area (TPSA) is 0 Å². The molecular weight excluding hydrogens is 144 g/mol. The third-order valence-corrected chi connectivity index (χ3v) is 2.14. The van der Waals surface area contributed by atoms with Gasteiger partial charge in [0.25, 0.3) is 0 Å². The van der Waals surface area contributed by atoms with Crippen LogP contribution in [0.1, 0.15) is 53.4 Å². The molecule has 0 aromatic carbocycles. The van der Waals surface area contributed by atoms with E-state index in [-0.39, 0.29) is 0 Å². The van der Waals surface area contributed by atoms with E-state index in [1.54, 1.807) is 0 Å². The summed E-state index contributed by atoms with van der Waals surface area (Å²) >= 11 is 0. The van der Waals surface area contributed by atoms with Gasteiger partial charge in [-0.15, -0.1) is 0 Å². The Balaban J connectivity index is 3.62. The fourth-order valence-electron chi connectivity index (χ4n) is 1.14. The second-order valence-corrected chi connectivity index (χ2v) is 3.40. The Morgan fingerprint density at radius 3 is 2.17 bits per heavy atom. The van der Waals surface area contributed by atoms with Gasteiger partial charge in [0.2, 0.25) is 0 Å². The molecule has 0 aromatic heterocycles. The standard InChI is InChI=1S/C12H22/c1-5-8-12(4)10-7-9-11(3)6-2/h8-9H,5-7,10H2,1-4H3. The first kappa shape index (κ1) is 11.5. The second-order valence-electron chi connectivity index (χ2n) is 3.40. The van der Waals surface area contributed by atoms with Crippen LogP contribution in [0.5, 0.6) is 0 Å². The van der Waals surface area contributed by atoms with Crippen LogP contribution in [0.15, 0.2) is 23.3 Å². The van der Waals surface area contributed by atoms with Crippen LogP contribution >= 0.6 is 0 Å². The highest BCUT2D eigenvalue weighted by Gasteiger charge is 1.88. The average Bonchev–Trinajstić information content (AvgIpc) is 2.04. The minimum Gasteiger partial charge on any atom is -0.0859 e. The van der Waals surface area contributed by atoms with E-state index in [0.29, 0.717) is 0 Å². The van der Waals surface area contributed by atoms with Crippen molar-refractivity contribution in [3.8, 4) is 0 Å². The molecule has 0 saturated heterocycles. The summed E-state index contributed by atoms with van der Waals surface area (Å²) in [7, 11) is 0. The molecule has 0 heteroatoms. The summed E-state index contributed by atoms with van der Waals surface area (Å²) in [6.07, 6.45) is 9.47. The molecule has 0 aromatic rings. The van der Waals surface area contributed by atoms with Crippen molar-refractivity contribution in [1.29, 1.82) is 0 Å². The SMILES string of the molecule is CCC=C(C)CCC=C(C)CC. The lowest BCUT2D eigenvalue weighted by Crippen LogP contribution is -1.77. The molecule has 0 aliphatic rings. The van der Waals surface area contributed by atoms with Crippen molar-refractivity contribution < 1.29 is 0 Å². The van der Waals surface area contributed by atoms with Crippen molar-refractivity contribution in [3.05, 3.63) is 23.3 Å². The first-order valence-electron chi connectivity index (χ1n) is 5.02. The molecule has 0 amide bonds. The molecule has 0 heterocycles. The molecule has 0 nitrogen and oxygen atoms in total. The van der Waals surface area contributed by atoms with E-state index in [9.17, 15) is 0 Å². The van der Waals surface area contributed by atoms with Gasteiger partial charge in [-0.05, 0) is 39.5 Å². The van der Waals surface area contributed by atoms with Gasteiger partial charge < -0.3 is 0 Å². The van der Waals surface area contributed by atoms with Crippen LogP contribution in [0.4, 0.5) is 0 Å². The summed E-state index contributed by atoms with van der Waals surface area (Å²) in [6.45, 7) is 8.83. The molecule has 0 saturated carbocycles. The predicted molar refractivity (Wildman–Crippen MR) is 57.3 cm³/mol. The molecule has 0 spiro atoms. The van der Waals surface area contributed by atoms with Crippen molar-refractivity contribution in [2.24, 2.45) is 0 Å². The van der Waals surface area contributed by atoms with E-state index in [0.717, 1.165) is 0 Å². The van der Waals surface area contributed by atoms with Crippen LogP contribution in [0, 0.1) is 0 Å². The summed E-state index contributed by atoms with van der Waals surface area (Å²) in [4.78, 5) is 0. The summed E-state index contributed by atoms with van der Waals surface area (Å²) in [5.74, 6) is 0. The van der Waals surface area contributed by atoms with Crippen LogP contribution in [-0.2, 0) is 0 Å². The quantitative estimate of drug-likeness (QED) is 0.528. The molecule has 0 N–H and O–H groups in total. The third-order valence-electron chi connectivity index (χ3n) is 2.14. The first-order valence-corrected chi connectivity index (χ1v) is 5.02. The molecule has 70 valence electrons. The summed E-state index contributed by atoms with van der Waals surface area (Å²) in [5, 5.41) is 0. The van der Waals surface area contributed by atoms with Gasteiger partial charge in [0.1, 0.15) is 0 Å². The maximum atomic E-state index is 2.35. The van der Waals surface area contributed by atoms with E-state index in [2.05, 4.69) is 39.8 Å². The molecule has 0 radical (unpaired) electrons. The van der Waals surface area contributed by atoms with E-state index in [1.165, 1.54) is 36.8 Å². The highest BCUT2D eigenvalue weighted by molar-refractivity contribution is 5.02. The van der Waals surface area contributed by atoms with Gasteiger partial charge >= 0.3 is 0 Å². The maximum Gasteiger partial charge on any atom is -0.0288 e. The van der Waals surface area contributed by atoms with Crippen molar-refractivity contribution in [2.75, 3.05) is 0 Å². The van der Waals surface area contributed by atoms with Gasteiger partial charge in [-0.2, -0.15) is 0 Å².